The molecule has 1 unspecified atom stereocenters. The van der Waals surface area contributed by atoms with Crippen LogP contribution in [0.4, 0.5) is 0 Å². The highest BCUT2D eigenvalue weighted by molar-refractivity contribution is 7.89. The van der Waals surface area contributed by atoms with Crippen LogP contribution in [-0.2, 0) is 10.0 Å². The number of primary sulfonamides is 1. The van der Waals surface area contributed by atoms with Crippen molar-refractivity contribution in [1.82, 2.24) is 4.90 Å². The monoisotopic (exact) mass is 468 g/mol. The van der Waals surface area contributed by atoms with Crippen LogP contribution in [-0.4, -0.2) is 37.5 Å². The first-order valence-corrected chi connectivity index (χ1v) is 12.0. The summed E-state index contributed by atoms with van der Waals surface area (Å²) in [6, 6.07) is 18.7. The van der Waals surface area contributed by atoms with E-state index in [2.05, 4.69) is 0 Å². The summed E-state index contributed by atoms with van der Waals surface area (Å²) < 4.78 is 29.0. The Morgan fingerprint density at radius 3 is 2.24 bits per heavy atom. The summed E-state index contributed by atoms with van der Waals surface area (Å²) in [6.07, 6.45) is 0.0955. The Hall–Kier alpha value is -3.36. The number of phenols is 1. The highest BCUT2D eigenvalue weighted by Gasteiger charge is 2.23. The Bertz CT molecular complexity index is 1250. The number of aromatic hydroxyl groups is 1. The Balaban J connectivity index is 1.85. The van der Waals surface area contributed by atoms with Gasteiger partial charge in [-0.2, -0.15) is 0 Å². The van der Waals surface area contributed by atoms with Crippen molar-refractivity contribution in [2.45, 2.75) is 37.8 Å². The Morgan fingerprint density at radius 1 is 0.970 bits per heavy atom. The molecule has 0 spiro atoms. The zero-order valence-electron chi connectivity index (χ0n) is 19.0. The third-order valence-electron chi connectivity index (χ3n) is 5.36. The maximum absolute atomic E-state index is 13.1. The minimum Gasteiger partial charge on any atom is -0.507 e. The van der Waals surface area contributed by atoms with Crippen LogP contribution in [0.3, 0.4) is 0 Å². The molecule has 3 N–H and O–H groups in total. The molecular formula is C25H28N2O5S. The smallest absolute Gasteiger partial charge is 0.257 e. The highest BCUT2D eigenvalue weighted by atomic mass is 32.2. The number of benzene rings is 3. The van der Waals surface area contributed by atoms with Crippen LogP contribution in [0.15, 0.2) is 71.6 Å². The van der Waals surface area contributed by atoms with Crippen LogP contribution >= 0.6 is 0 Å². The number of hydrogen-bond donors (Lipinski definition) is 2. The van der Waals surface area contributed by atoms with Crippen LogP contribution in [0.25, 0.3) is 11.1 Å². The fourth-order valence-corrected chi connectivity index (χ4v) is 3.97. The lowest BCUT2D eigenvalue weighted by Gasteiger charge is -2.26. The molecule has 0 aliphatic carbocycles. The van der Waals surface area contributed by atoms with Gasteiger partial charge in [0.25, 0.3) is 5.91 Å². The number of nitrogens with zero attached hydrogens (tertiary/aromatic N) is 1. The quantitative estimate of drug-likeness (QED) is 0.536. The molecular weight excluding hydrogens is 440 g/mol. The average Bonchev–Trinajstić information content (AvgIpc) is 2.77. The zero-order chi connectivity index (χ0) is 24.3. The first-order valence-electron chi connectivity index (χ1n) is 10.5. The largest absolute Gasteiger partial charge is 0.507 e. The number of rotatable bonds is 7. The summed E-state index contributed by atoms with van der Waals surface area (Å²) in [5.74, 6) is -0.0415. The summed E-state index contributed by atoms with van der Waals surface area (Å²) in [5.41, 5.74) is 2.74. The highest BCUT2D eigenvalue weighted by Crippen LogP contribution is 2.29. The number of phenolic OH excluding ortho intramolecular Hbond substituents is 1. The van der Waals surface area contributed by atoms with Crippen molar-refractivity contribution in [2.75, 3.05) is 7.05 Å². The fourth-order valence-electron chi connectivity index (χ4n) is 3.43. The van der Waals surface area contributed by atoms with Gasteiger partial charge in [0.05, 0.1) is 22.6 Å². The van der Waals surface area contributed by atoms with E-state index in [9.17, 15) is 18.3 Å². The van der Waals surface area contributed by atoms with E-state index in [-0.39, 0.29) is 28.4 Å². The number of amides is 1. The first kappa shape index (κ1) is 24.3. The van der Waals surface area contributed by atoms with Crippen molar-refractivity contribution >= 4 is 15.9 Å². The summed E-state index contributed by atoms with van der Waals surface area (Å²) in [5, 5.41) is 15.3. The standard InChI is InChI=1S/C25H28N2O5S/c1-16(2)32-21-10-8-18(9-11-21)20-7-5-6-19(14-20)17(3)27(4)25(29)23-15-22(33(26,30)31)12-13-24(23)28/h5-17,28H,1-4H3,(H2,26,30,31). The molecule has 8 heteroatoms. The lowest BCUT2D eigenvalue weighted by atomic mass is 9.99. The molecule has 174 valence electrons. The predicted octanol–water partition coefficient (Wildman–Crippen LogP) is 4.33. The Kier molecular flexibility index (Phi) is 7.09. The average molecular weight is 469 g/mol. The second-order valence-electron chi connectivity index (χ2n) is 8.13. The van der Waals surface area contributed by atoms with Crippen molar-refractivity contribution in [3.63, 3.8) is 0 Å². The molecule has 33 heavy (non-hydrogen) atoms. The lowest BCUT2D eigenvalue weighted by Crippen LogP contribution is -2.30. The molecule has 0 aromatic heterocycles. The summed E-state index contributed by atoms with van der Waals surface area (Å²) in [4.78, 5) is 14.3. The van der Waals surface area contributed by atoms with Gasteiger partial charge in [0, 0.05) is 7.05 Å². The first-order chi connectivity index (χ1) is 15.5. The van der Waals surface area contributed by atoms with E-state index in [0.29, 0.717) is 0 Å². The van der Waals surface area contributed by atoms with Crippen LogP contribution in [0.1, 0.15) is 42.7 Å². The maximum atomic E-state index is 13.1. The predicted molar refractivity (Wildman–Crippen MR) is 128 cm³/mol. The molecule has 3 rings (SSSR count). The second-order valence-corrected chi connectivity index (χ2v) is 9.69. The SMILES string of the molecule is CC(C)Oc1ccc(-c2cccc(C(C)N(C)C(=O)c3cc(S(N)(=O)=O)ccc3O)c2)cc1. The van der Waals surface area contributed by atoms with Gasteiger partial charge in [-0.25, -0.2) is 13.6 Å². The third kappa shape index (κ3) is 5.71. The van der Waals surface area contributed by atoms with E-state index in [4.69, 9.17) is 9.88 Å². The molecule has 0 aliphatic heterocycles. The van der Waals surface area contributed by atoms with Crippen molar-refractivity contribution in [3.05, 3.63) is 77.9 Å². The number of hydrogen-bond acceptors (Lipinski definition) is 5. The van der Waals surface area contributed by atoms with Gasteiger partial charge < -0.3 is 14.7 Å². The summed E-state index contributed by atoms with van der Waals surface area (Å²) in [7, 11) is -2.41. The second kappa shape index (κ2) is 9.64. The molecule has 0 heterocycles. The Morgan fingerprint density at radius 2 is 1.64 bits per heavy atom. The Labute approximate surface area is 194 Å². The van der Waals surface area contributed by atoms with Crippen LogP contribution in [0, 0.1) is 0 Å². The van der Waals surface area contributed by atoms with E-state index in [1.807, 2.05) is 69.3 Å². The van der Waals surface area contributed by atoms with Crippen LogP contribution in [0.2, 0.25) is 0 Å². The van der Waals surface area contributed by atoms with Gasteiger partial charge in [-0.05, 0) is 73.9 Å². The minimum absolute atomic E-state index is 0.0955. The van der Waals surface area contributed by atoms with Crippen LogP contribution in [0.5, 0.6) is 11.5 Å². The molecule has 0 saturated carbocycles. The number of carbonyl (C=O) groups is 1. The van der Waals surface area contributed by atoms with Crippen molar-refractivity contribution in [3.8, 4) is 22.6 Å². The van der Waals surface area contributed by atoms with E-state index < -0.39 is 15.9 Å². The van der Waals surface area contributed by atoms with E-state index in [1.165, 1.54) is 4.90 Å². The van der Waals surface area contributed by atoms with E-state index >= 15 is 0 Å². The van der Waals surface area contributed by atoms with Gasteiger partial charge in [-0.1, -0.05) is 30.3 Å². The molecule has 0 fully saturated rings. The number of ether oxygens (including phenoxy) is 1. The van der Waals surface area contributed by atoms with Gasteiger partial charge in [0.1, 0.15) is 11.5 Å². The normalized spacial score (nSPS) is 12.4. The third-order valence-corrected chi connectivity index (χ3v) is 6.27. The van der Waals surface area contributed by atoms with Crippen molar-refractivity contribution in [2.24, 2.45) is 5.14 Å². The zero-order valence-corrected chi connectivity index (χ0v) is 19.8. The van der Waals surface area contributed by atoms with Gasteiger partial charge in [-0.15, -0.1) is 0 Å². The number of nitrogens with two attached hydrogens (primary N) is 1. The molecule has 3 aromatic rings. The van der Waals surface area contributed by atoms with Crippen molar-refractivity contribution < 1.29 is 23.1 Å². The minimum atomic E-state index is -4.01. The molecule has 1 atom stereocenters. The molecule has 0 bridgehead atoms. The molecule has 3 aromatic carbocycles. The molecule has 1 amide bonds. The number of sulfonamides is 1. The van der Waals surface area contributed by atoms with Crippen LogP contribution < -0.4 is 9.88 Å². The topological polar surface area (TPSA) is 110 Å². The molecule has 0 saturated heterocycles. The molecule has 0 aliphatic rings. The van der Waals surface area contributed by atoms with Gasteiger partial charge in [0.15, 0.2) is 0 Å². The van der Waals surface area contributed by atoms with Gasteiger partial charge in [-0.3, -0.25) is 4.79 Å². The number of carbonyl (C=O) groups excluding carboxylic acids is 1. The fraction of sp³-hybridized carbons (Fsp3) is 0.240. The van der Waals surface area contributed by atoms with E-state index in [0.717, 1.165) is 40.6 Å². The summed E-state index contributed by atoms with van der Waals surface area (Å²) in [6.45, 7) is 5.81. The summed E-state index contributed by atoms with van der Waals surface area (Å²) >= 11 is 0. The molecule has 7 nitrogen and oxygen atoms in total. The lowest BCUT2D eigenvalue weighted by molar-refractivity contribution is 0.0739. The van der Waals surface area contributed by atoms with E-state index in [1.54, 1.807) is 7.05 Å². The molecule has 0 radical (unpaired) electrons. The van der Waals surface area contributed by atoms with Crippen molar-refractivity contribution in [1.29, 1.82) is 0 Å². The van der Waals surface area contributed by atoms with Gasteiger partial charge >= 0.3 is 0 Å². The van der Waals surface area contributed by atoms with Gasteiger partial charge in [0.2, 0.25) is 10.0 Å². The maximum Gasteiger partial charge on any atom is 0.257 e.